The molecule has 3 aromatic rings. The smallest absolute Gasteiger partial charge is 0.267 e. The number of rotatable bonds is 2. The number of hydrogen-bond acceptors (Lipinski definition) is 3. The first-order valence-corrected chi connectivity index (χ1v) is 8.04. The van der Waals surface area contributed by atoms with E-state index in [9.17, 15) is 10.1 Å². The first kappa shape index (κ1) is 14.6. The van der Waals surface area contributed by atoms with Crippen molar-refractivity contribution < 1.29 is 4.92 Å². The van der Waals surface area contributed by atoms with Crippen molar-refractivity contribution in [2.24, 2.45) is 7.05 Å². The second-order valence-corrected chi connectivity index (χ2v) is 6.11. The molecule has 2 aromatic carbocycles. The topological polar surface area (TPSA) is 61.0 Å². The lowest BCUT2D eigenvalue weighted by molar-refractivity contribution is -0.384. The molecule has 1 aromatic heterocycles. The predicted octanol–water partition coefficient (Wildman–Crippen LogP) is 4.15. The average Bonchev–Trinajstić information content (AvgIpc) is 2.81. The van der Waals surface area contributed by atoms with E-state index < -0.39 is 0 Å². The molecule has 1 aliphatic carbocycles. The third-order valence-corrected chi connectivity index (χ3v) is 4.64. The van der Waals surface area contributed by atoms with Crippen LogP contribution in [0.1, 0.15) is 17.5 Å². The fraction of sp³-hybridized carbons (Fsp3) is 0.211. The van der Waals surface area contributed by atoms with Gasteiger partial charge in [-0.2, -0.15) is 5.10 Å². The van der Waals surface area contributed by atoms with Gasteiger partial charge in [0.2, 0.25) is 0 Å². The van der Waals surface area contributed by atoms with Crippen molar-refractivity contribution in [1.29, 1.82) is 0 Å². The minimum absolute atomic E-state index is 0.109. The van der Waals surface area contributed by atoms with Gasteiger partial charge in [-0.3, -0.25) is 14.8 Å². The quantitative estimate of drug-likeness (QED) is 0.526. The zero-order chi connectivity index (χ0) is 16.7. The van der Waals surface area contributed by atoms with Crippen LogP contribution in [0.2, 0.25) is 0 Å². The van der Waals surface area contributed by atoms with Crippen LogP contribution in [-0.2, 0) is 19.9 Å². The van der Waals surface area contributed by atoms with Gasteiger partial charge in [-0.25, -0.2) is 0 Å². The molecule has 0 bridgehead atoms. The molecule has 0 aliphatic heterocycles. The van der Waals surface area contributed by atoms with Crippen molar-refractivity contribution in [2.75, 3.05) is 0 Å². The molecule has 0 spiro atoms. The fourth-order valence-corrected chi connectivity index (χ4v) is 3.55. The van der Waals surface area contributed by atoms with Gasteiger partial charge in [0.25, 0.3) is 5.69 Å². The lowest BCUT2D eigenvalue weighted by Crippen LogP contribution is -1.97. The molecule has 1 heterocycles. The number of benzene rings is 2. The van der Waals surface area contributed by atoms with E-state index in [0.29, 0.717) is 0 Å². The first-order valence-electron chi connectivity index (χ1n) is 8.04. The summed E-state index contributed by atoms with van der Waals surface area (Å²) in [7, 11) is 1.94. The first-order chi connectivity index (χ1) is 11.6. The number of aromatic nitrogens is 2. The Morgan fingerprint density at radius 3 is 2.58 bits per heavy atom. The molecule has 1 aliphatic rings. The number of nitro groups is 1. The summed E-state index contributed by atoms with van der Waals surface area (Å²) in [5.41, 5.74) is 6.94. The SMILES string of the molecule is Cn1nc2c(c1-c1ccc([N+](=O)[O-])cc1)CCCc1ccccc1-2. The van der Waals surface area contributed by atoms with E-state index in [2.05, 4.69) is 18.2 Å². The van der Waals surface area contributed by atoms with Crippen LogP contribution in [0, 0.1) is 10.1 Å². The summed E-state index contributed by atoms with van der Waals surface area (Å²) in [6.45, 7) is 0. The van der Waals surface area contributed by atoms with Crippen molar-refractivity contribution in [2.45, 2.75) is 19.3 Å². The van der Waals surface area contributed by atoms with Gasteiger partial charge in [-0.05, 0) is 37.0 Å². The van der Waals surface area contributed by atoms with Crippen LogP contribution in [0.5, 0.6) is 0 Å². The lowest BCUT2D eigenvalue weighted by atomic mass is 9.99. The standard InChI is InChI=1S/C19H17N3O2/c1-21-19(14-9-11-15(12-10-14)22(23)24)17-8-4-6-13-5-2-3-7-16(13)18(17)20-21/h2-3,5,7,9-12H,4,6,8H2,1H3. The van der Waals surface area contributed by atoms with Crippen LogP contribution in [0.25, 0.3) is 22.5 Å². The van der Waals surface area contributed by atoms with Crippen LogP contribution >= 0.6 is 0 Å². The summed E-state index contributed by atoms with van der Waals surface area (Å²) in [5, 5.41) is 15.6. The minimum Gasteiger partial charge on any atom is -0.267 e. The van der Waals surface area contributed by atoms with E-state index >= 15 is 0 Å². The van der Waals surface area contributed by atoms with Gasteiger partial charge in [0.05, 0.1) is 16.3 Å². The van der Waals surface area contributed by atoms with Gasteiger partial charge in [0.1, 0.15) is 0 Å². The molecule has 5 nitrogen and oxygen atoms in total. The number of hydrogen-bond donors (Lipinski definition) is 0. The van der Waals surface area contributed by atoms with Gasteiger partial charge >= 0.3 is 0 Å². The highest BCUT2D eigenvalue weighted by Crippen LogP contribution is 2.37. The van der Waals surface area contributed by atoms with Crippen LogP contribution < -0.4 is 0 Å². The summed E-state index contributed by atoms with van der Waals surface area (Å²) in [4.78, 5) is 10.5. The van der Waals surface area contributed by atoms with Crippen molar-refractivity contribution in [1.82, 2.24) is 9.78 Å². The van der Waals surface area contributed by atoms with Gasteiger partial charge in [0.15, 0.2) is 0 Å². The van der Waals surface area contributed by atoms with Gasteiger partial charge in [0, 0.05) is 35.9 Å². The molecular formula is C19H17N3O2. The molecule has 5 heteroatoms. The Bertz CT molecular complexity index is 926. The third kappa shape index (κ3) is 2.29. The molecule has 0 saturated heterocycles. The Morgan fingerprint density at radius 1 is 1.08 bits per heavy atom. The molecule has 0 fully saturated rings. The molecule has 24 heavy (non-hydrogen) atoms. The number of nitro benzene ring substituents is 1. The van der Waals surface area contributed by atoms with Crippen molar-refractivity contribution in [3.63, 3.8) is 0 Å². The zero-order valence-corrected chi connectivity index (χ0v) is 13.4. The largest absolute Gasteiger partial charge is 0.269 e. The predicted molar refractivity (Wildman–Crippen MR) is 92.8 cm³/mol. The van der Waals surface area contributed by atoms with Crippen molar-refractivity contribution in [3.8, 4) is 22.5 Å². The highest BCUT2D eigenvalue weighted by Gasteiger charge is 2.23. The second-order valence-electron chi connectivity index (χ2n) is 6.11. The molecule has 0 unspecified atom stereocenters. The zero-order valence-electron chi connectivity index (χ0n) is 13.4. The monoisotopic (exact) mass is 319 g/mol. The summed E-state index contributed by atoms with van der Waals surface area (Å²) >= 11 is 0. The Kier molecular flexibility index (Phi) is 3.41. The van der Waals surface area contributed by atoms with Crippen molar-refractivity contribution in [3.05, 3.63) is 69.8 Å². The van der Waals surface area contributed by atoms with Gasteiger partial charge < -0.3 is 0 Å². The van der Waals surface area contributed by atoms with Gasteiger partial charge in [-0.15, -0.1) is 0 Å². The molecule has 0 atom stereocenters. The van der Waals surface area contributed by atoms with E-state index in [1.54, 1.807) is 12.1 Å². The maximum absolute atomic E-state index is 10.9. The molecule has 0 saturated carbocycles. The highest BCUT2D eigenvalue weighted by atomic mass is 16.6. The Morgan fingerprint density at radius 2 is 1.83 bits per heavy atom. The number of non-ortho nitro benzene ring substituents is 1. The highest BCUT2D eigenvalue weighted by molar-refractivity contribution is 5.77. The van der Waals surface area contributed by atoms with Crippen LogP contribution in [0.3, 0.4) is 0 Å². The number of nitrogens with zero attached hydrogens (tertiary/aromatic N) is 3. The van der Waals surface area contributed by atoms with Crippen LogP contribution in [-0.4, -0.2) is 14.7 Å². The molecule has 4 rings (SSSR count). The Hall–Kier alpha value is -2.95. The fourth-order valence-electron chi connectivity index (χ4n) is 3.55. The maximum Gasteiger partial charge on any atom is 0.269 e. The summed E-state index contributed by atoms with van der Waals surface area (Å²) in [5.74, 6) is 0. The molecule has 0 amide bonds. The Labute approximate surface area is 139 Å². The minimum atomic E-state index is -0.371. The summed E-state index contributed by atoms with van der Waals surface area (Å²) in [6, 6.07) is 15.2. The molecule has 0 N–H and O–H groups in total. The lowest BCUT2D eigenvalue weighted by Gasteiger charge is -2.06. The average molecular weight is 319 g/mol. The molecular weight excluding hydrogens is 302 g/mol. The third-order valence-electron chi connectivity index (χ3n) is 4.64. The van der Waals surface area contributed by atoms with E-state index in [1.807, 2.05) is 29.9 Å². The van der Waals surface area contributed by atoms with E-state index in [0.717, 1.165) is 36.2 Å². The number of fused-ring (bicyclic) bond motifs is 3. The summed E-state index contributed by atoms with van der Waals surface area (Å²) in [6.07, 6.45) is 3.09. The van der Waals surface area contributed by atoms with Gasteiger partial charge in [-0.1, -0.05) is 24.3 Å². The molecule has 120 valence electrons. The second kappa shape index (κ2) is 5.60. The van der Waals surface area contributed by atoms with E-state index in [-0.39, 0.29) is 10.6 Å². The van der Waals surface area contributed by atoms with Crippen molar-refractivity contribution >= 4 is 5.69 Å². The Balaban J connectivity index is 1.88. The number of aryl methyl sites for hydroxylation is 2. The maximum atomic E-state index is 10.9. The summed E-state index contributed by atoms with van der Waals surface area (Å²) < 4.78 is 1.90. The van der Waals surface area contributed by atoms with Crippen LogP contribution in [0.4, 0.5) is 5.69 Å². The van der Waals surface area contributed by atoms with E-state index in [4.69, 9.17) is 5.10 Å². The molecule has 0 radical (unpaired) electrons. The van der Waals surface area contributed by atoms with E-state index in [1.165, 1.54) is 16.7 Å². The normalized spacial score (nSPS) is 13.0. The van der Waals surface area contributed by atoms with Crippen LogP contribution in [0.15, 0.2) is 48.5 Å².